The molecular formula is C25H25ClN4OS. The molecule has 2 heterocycles. The monoisotopic (exact) mass is 464 g/mol. The van der Waals surface area contributed by atoms with Crippen LogP contribution in [0.1, 0.15) is 36.7 Å². The molecule has 4 rings (SSSR count). The van der Waals surface area contributed by atoms with Gasteiger partial charge in [0.05, 0.1) is 10.4 Å². The molecule has 4 aromatic rings. The fraction of sp³-hybridized carbons (Fsp3) is 0.240. The minimum Gasteiger partial charge on any atom is -0.368 e. The minimum atomic E-state index is -0.0918. The number of thiophene rings is 1. The molecule has 0 atom stereocenters. The number of anilines is 1. The van der Waals surface area contributed by atoms with Crippen LogP contribution in [-0.4, -0.2) is 29.0 Å². The van der Waals surface area contributed by atoms with Gasteiger partial charge in [-0.3, -0.25) is 4.79 Å². The van der Waals surface area contributed by atoms with Crippen LogP contribution in [0, 0.1) is 0 Å². The number of rotatable bonds is 6. The number of hydrogen-bond acceptors (Lipinski definition) is 5. The first-order chi connectivity index (χ1) is 15.3. The number of nitrogens with zero attached hydrogens (tertiary/aromatic N) is 2. The average Bonchev–Trinajstić information content (AvgIpc) is 3.30. The fourth-order valence-electron chi connectivity index (χ4n) is 3.33. The predicted molar refractivity (Wildman–Crippen MR) is 134 cm³/mol. The van der Waals surface area contributed by atoms with E-state index in [9.17, 15) is 4.79 Å². The van der Waals surface area contributed by atoms with Crippen molar-refractivity contribution in [1.29, 1.82) is 0 Å². The number of hydrogen-bond donors (Lipinski definition) is 2. The van der Waals surface area contributed by atoms with Crippen molar-refractivity contribution in [1.82, 2.24) is 15.3 Å². The molecule has 0 saturated heterocycles. The summed E-state index contributed by atoms with van der Waals surface area (Å²) in [5.41, 5.74) is 2.69. The van der Waals surface area contributed by atoms with Crippen molar-refractivity contribution < 1.29 is 4.79 Å². The highest BCUT2D eigenvalue weighted by Crippen LogP contribution is 2.29. The maximum atomic E-state index is 12.5. The molecule has 0 aliphatic rings. The zero-order valence-electron chi connectivity index (χ0n) is 18.3. The van der Waals surface area contributed by atoms with Crippen molar-refractivity contribution in [3.63, 3.8) is 0 Å². The molecule has 0 aliphatic carbocycles. The van der Waals surface area contributed by atoms with Gasteiger partial charge in [0.1, 0.15) is 5.82 Å². The van der Waals surface area contributed by atoms with Gasteiger partial charge in [-0.05, 0) is 52.8 Å². The van der Waals surface area contributed by atoms with Gasteiger partial charge in [-0.2, -0.15) is 0 Å². The maximum Gasteiger partial charge on any atom is 0.251 e. The molecule has 5 nitrogen and oxygen atoms in total. The van der Waals surface area contributed by atoms with Gasteiger partial charge in [0, 0.05) is 29.1 Å². The SMILES string of the molecule is CC(C)(C)c1ccc(C(=O)NCCNc2nc(-c3cccs3)nc3cc(Cl)ccc23)cc1. The van der Waals surface area contributed by atoms with Gasteiger partial charge in [-0.15, -0.1) is 11.3 Å². The lowest BCUT2D eigenvalue weighted by molar-refractivity contribution is 0.0955. The van der Waals surface area contributed by atoms with E-state index in [1.165, 1.54) is 5.56 Å². The molecule has 0 saturated carbocycles. The van der Waals surface area contributed by atoms with Gasteiger partial charge in [0.25, 0.3) is 5.91 Å². The van der Waals surface area contributed by atoms with E-state index in [0.717, 1.165) is 21.6 Å². The summed E-state index contributed by atoms with van der Waals surface area (Å²) >= 11 is 7.76. The van der Waals surface area contributed by atoms with Crippen molar-refractivity contribution in [2.75, 3.05) is 18.4 Å². The summed E-state index contributed by atoms with van der Waals surface area (Å²) in [7, 11) is 0. The third-order valence-corrected chi connectivity index (χ3v) is 6.22. The van der Waals surface area contributed by atoms with Crippen molar-refractivity contribution in [3.8, 4) is 10.7 Å². The van der Waals surface area contributed by atoms with Gasteiger partial charge in [-0.1, -0.05) is 50.6 Å². The van der Waals surface area contributed by atoms with Crippen LogP contribution in [0.5, 0.6) is 0 Å². The van der Waals surface area contributed by atoms with E-state index in [-0.39, 0.29) is 11.3 Å². The van der Waals surface area contributed by atoms with Gasteiger partial charge in [0.2, 0.25) is 0 Å². The highest BCUT2D eigenvalue weighted by Gasteiger charge is 2.14. The zero-order chi connectivity index (χ0) is 22.7. The number of carbonyl (C=O) groups is 1. The summed E-state index contributed by atoms with van der Waals surface area (Å²) in [6, 6.07) is 17.3. The molecule has 2 aromatic heterocycles. The lowest BCUT2D eigenvalue weighted by atomic mass is 9.87. The van der Waals surface area contributed by atoms with Crippen LogP contribution < -0.4 is 10.6 Å². The Labute approximate surface area is 196 Å². The maximum absolute atomic E-state index is 12.5. The second-order valence-corrected chi connectivity index (χ2v) is 9.93. The summed E-state index contributed by atoms with van der Waals surface area (Å²) < 4.78 is 0. The number of carbonyl (C=O) groups excluding carboxylic acids is 1. The van der Waals surface area contributed by atoms with Crippen LogP contribution in [0.25, 0.3) is 21.6 Å². The Hall–Kier alpha value is -2.96. The Morgan fingerprint density at radius 1 is 1.03 bits per heavy atom. The molecule has 0 unspecified atom stereocenters. The Kier molecular flexibility index (Phi) is 6.44. The highest BCUT2D eigenvalue weighted by molar-refractivity contribution is 7.13. The topological polar surface area (TPSA) is 66.9 Å². The summed E-state index contributed by atoms with van der Waals surface area (Å²) in [6.07, 6.45) is 0. The van der Waals surface area contributed by atoms with Crippen LogP contribution in [0.3, 0.4) is 0 Å². The Balaban J connectivity index is 1.43. The van der Waals surface area contributed by atoms with E-state index in [4.69, 9.17) is 16.6 Å². The lowest BCUT2D eigenvalue weighted by Crippen LogP contribution is -2.29. The van der Waals surface area contributed by atoms with E-state index in [2.05, 4.69) is 36.4 Å². The van der Waals surface area contributed by atoms with E-state index in [1.54, 1.807) is 11.3 Å². The molecule has 2 aromatic carbocycles. The van der Waals surface area contributed by atoms with Crippen molar-refractivity contribution >= 4 is 45.6 Å². The second kappa shape index (κ2) is 9.27. The van der Waals surface area contributed by atoms with Crippen molar-refractivity contribution in [2.45, 2.75) is 26.2 Å². The number of amides is 1. The summed E-state index contributed by atoms with van der Waals surface area (Å²) in [4.78, 5) is 22.9. The van der Waals surface area contributed by atoms with E-state index in [0.29, 0.717) is 29.5 Å². The highest BCUT2D eigenvalue weighted by atomic mass is 35.5. The molecular weight excluding hydrogens is 440 g/mol. The molecule has 164 valence electrons. The Morgan fingerprint density at radius 2 is 1.81 bits per heavy atom. The largest absolute Gasteiger partial charge is 0.368 e. The lowest BCUT2D eigenvalue weighted by Gasteiger charge is -2.19. The summed E-state index contributed by atoms with van der Waals surface area (Å²) in [6.45, 7) is 7.46. The summed E-state index contributed by atoms with van der Waals surface area (Å²) in [5.74, 6) is 1.28. The third kappa shape index (κ3) is 5.09. The van der Waals surface area contributed by atoms with Crippen molar-refractivity contribution in [2.24, 2.45) is 0 Å². The summed E-state index contributed by atoms with van der Waals surface area (Å²) in [5, 5.41) is 9.82. The molecule has 1 amide bonds. The first kappa shape index (κ1) is 22.2. The zero-order valence-corrected chi connectivity index (χ0v) is 19.8. The number of fused-ring (bicyclic) bond motifs is 1. The van der Waals surface area contributed by atoms with Gasteiger partial charge in [0.15, 0.2) is 5.82 Å². The third-order valence-electron chi connectivity index (χ3n) is 5.12. The predicted octanol–water partition coefficient (Wildman–Crippen LogP) is 6.15. The fourth-order valence-corrected chi connectivity index (χ4v) is 4.16. The molecule has 2 N–H and O–H groups in total. The molecule has 0 spiro atoms. The first-order valence-corrected chi connectivity index (χ1v) is 11.7. The van der Waals surface area contributed by atoms with Crippen LogP contribution in [0.4, 0.5) is 5.82 Å². The number of benzene rings is 2. The second-order valence-electron chi connectivity index (χ2n) is 8.54. The number of aromatic nitrogens is 2. The Bertz CT molecular complexity index is 1230. The minimum absolute atomic E-state index is 0.0609. The molecule has 0 fully saturated rings. The van der Waals surface area contributed by atoms with E-state index >= 15 is 0 Å². The molecule has 0 aliphatic heterocycles. The van der Waals surface area contributed by atoms with E-state index < -0.39 is 0 Å². The van der Waals surface area contributed by atoms with Crippen LogP contribution in [0.15, 0.2) is 60.0 Å². The average molecular weight is 465 g/mol. The number of halogens is 1. The van der Waals surface area contributed by atoms with E-state index in [1.807, 2.05) is 60.0 Å². The smallest absolute Gasteiger partial charge is 0.251 e. The molecule has 7 heteroatoms. The normalized spacial score (nSPS) is 11.5. The molecule has 0 bridgehead atoms. The quantitative estimate of drug-likeness (QED) is 0.336. The number of nitrogens with one attached hydrogen (secondary N) is 2. The Morgan fingerprint density at radius 3 is 2.50 bits per heavy atom. The van der Waals surface area contributed by atoms with Gasteiger partial charge in [-0.25, -0.2) is 9.97 Å². The molecule has 32 heavy (non-hydrogen) atoms. The first-order valence-electron chi connectivity index (χ1n) is 10.4. The molecule has 0 radical (unpaired) electrons. The van der Waals surface area contributed by atoms with Crippen LogP contribution >= 0.6 is 22.9 Å². The van der Waals surface area contributed by atoms with Crippen LogP contribution in [-0.2, 0) is 5.41 Å². The van der Waals surface area contributed by atoms with Crippen molar-refractivity contribution in [3.05, 3.63) is 76.1 Å². The standard InChI is InChI=1S/C25H25ClN4OS/c1-25(2,3)17-8-6-16(7-9-17)24(31)28-13-12-27-22-19-11-10-18(26)15-20(19)29-23(30-22)21-5-4-14-32-21/h4-11,14-15H,12-13H2,1-3H3,(H,28,31)(H,27,29,30). The van der Waals surface area contributed by atoms with Crippen LogP contribution in [0.2, 0.25) is 5.02 Å². The van der Waals surface area contributed by atoms with Gasteiger partial charge >= 0.3 is 0 Å². The van der Waals surface area contributed by atoms with Gasteiger partial charge < -0.3 is 10.6 Å².